The molecule has 0 bridgehead atoms. The van der Waals surface area contributed by atoms with Crippen molar-refractivity contribution in [1.82, 2.24) is 9.62 Å². The van der Waals surface area contributed by atoms with Gasteiger partial charge < -0.3 is 16.4 Å². The van der Waals surface area contributed by atoms with E-state index in [1.54, 1.807) is 42.5 Å². The van der Waals surface area contributed by atoms with E-state index in [2.05, 4.69) is 16.2 Å². The van der Waals surface area contributed by atoms with Crippen molar-refractivity contribution in [2.45, 2.75) is 36.6 Å². The van der Waals surface area contributed by atoms with Gasteiger partial charge in [-0.15, -0.1) is 0 Å². The van der Waals surface area contributed by atoms with Crippen LogP contribution >= 0.6 is 23.2 Å². The second kappa shape index (κ2) is 13.2. The number of halogens is 2. The number of benzene rings is 3. The minimum absolute atomic E-state index is 0.0440. The van der Waals surface area contributed by atoms with Crippen molar-refractivity contribution < 1.29 is 8.42 Å². The second-order valence-electron chi connectivity index (χ2n) is 10.1. The molecule has 1 heterocycles. The third kappa shape index (κ3) is 7.44. The normalized spacial score (nSPS) is 15.1. The lowest BCUT2D eigenvalue weighted by Crippen LogP contribution is -2.45. The Bertz CT molecular complexity index is 1490. The number of hydrogen-bond donors (Lipinski definition) is 4. The van der Waals surface area contributed by atoms with Crippen LogP contribution in [0.25, 0.3) is 11.1 Å². The van der Waals surface area contributed by atoms with Crippen molar-refractivity contribution in [2.75, 3.05) is 19.6 Å². The molecule has 3 aromatic carbocycles. The highest BCUT2D eigenvalue weighted by Gasteiger charge is 2.28. The molecule has 0 radical (unpaired) electrons. The van der Waals surface area contributed by atoms with Gasteiger partial charge in [0.05, 0.1) is 10.9 Å². The summed E-state index contributed by atoms with van der Waals surface area (Å²) in [7, 11) is -3.95. The molecule has 0 saturated carbocycles. The largest absolute Gasteiger partial charge is 0.384 e. The van der Waals surface area contributed by atoms with Crippen LogP contribution in [0.1, 0.15) is 30.4 Å². The summed E-state index contributed by atoms with van der Waals surface area (Å²) in [4.78, 5) is 2.28. The van der Waals surface area contributed by atoms with Gasteiger partial charge in [-0.3, -0.25) is 5.41 Å². The molecule has 10 heteroatoms. The standard InChI is InChI=1S/C30H35Cl2N5O2S/c1-20(37-14-11-21(10-13-33)12-15-37)29(17-22-4-2-6-24(16-22)30(34)35)36-40(38,39)26-7-3-5-23(18-26)27-9-8-25(31)19-28(27)32/h2-9,16,18-19,21,29,36H,1,10-15,17,33H2,(H3,34,35)/t29-/m0/s1. The SMILES string of the molecule is C=C([C@H](Cc1cccc(C(=N)N)c1)NS(=O)(=O)c1cccc(-c2ccc(Cl)cc2Cl)c1)N1CCC(CCN)CC1. The van der Waals surface area contributed by atoms with Gasteiger partial charge >= 0.3 is 0 Å². The fourth-order valence-corrected chi connectivity index (χ4v) is 6.89. The molecule has 1 aliphatic rings. The monoisotopic (exact) mass is 599 g/mol. The smallest absolute Gasteiger partial charge is 0.241 e. The van der Waals surface area contributed by atoms with Crippen LogP contribution in [0.4, 0.5) is 0 Å². The number of likely N-dealkylation sites (tertiary alicyclic amines) is 1. The van der Waals surface area contributed by atoms with Gasteiger partial charge in [0.2, 0.25) is 10.0 Å². The number of nitrogens with zero attached hydrogens (tertiary/aromatic N) is 1. The van der Waals surface area contributed by atoms with E-state index in [1.807, 2.05) is 24.3 Å². The molecule has 1 fully saturated rings. The highest BCUT2D eigenvalue weighted by Crippen LogP contribution is 2.32. The first-order valence-electron chi connectivity index (χ1n) is 13.2. The molecule has 0 aliphatic carbocycles. The van der Waals surface area contributed by atoms with Gasteiger partial charge in [0.1, 0.15) is 5.84 Å². The van der Waals surface area contributed by atoms with E-state index in [4.69, 9.17) is 40.1 Å². The summed E-state index contributed by atoms with van der Waals surface area (Å²) >= 11 is 12.4. The first-order valence-corrected chi connectivity index (χ1v) is 15.5. The zero-order valence-corrected chi connectivity index (χ0v) is 24.6. The number of nitrogens with two attached hydrogens (primary N) is 2. The average molecular weight is 601 g/mol. The number of amidine groups is 1. The molecule has 0 aromatic heterocycles. The number of sulfonamides is 1. The fourth-order valence-electron chi connectivity index (χ4n) is 5.10. The summed E-state index contributed by atoms with van der Waals surface area (Å²) in [6.45, 7) is 6.59. The number of hydrogen-bond acceptors (Lipinski definition) is 5. The molecule has 1 aliphatic heterocycles. The summed E-state index contributed by atoms with van der Waals surface area (Å²) in [6, 6.07) is 18.5. The third-order valence-corrected chi connectivity index (χ3v) is 9.38. The summed E-state index contributed by atoms with van der Waals surface area (Å²) in [5.74, 6) is 0.524. The van der Waals surface area contributed by atoms with Crippen LogP contribution in [0.5, 0.6) is 0 Å². The van der Waals surface area contributed by atoms with Crippen molar-refractivity contribution in [2.24, 2.45) is 17.4 Å². The van der Waals surface area contributed by atoms with Gasteiger partial charge in [-0.25, -0.2) is 13.1 Å². The highest BCUT2D eigenvalue weighted by atomic mass is 35.5. The fraction of sp³-hybridized carbons (Fsp3) is 0.300. The van der Waals surface area contributed by atoms with Gasteiger partial charge in [0, 0.05) is 40.0 Å². The highest BCUT2D eigenvalue weighted by molar-refractivity contribution is 7.89. The van der Waals surface area contributed by atoms with Gasteiger partial charge in [-0.05, 0) is 79.6 Å². The van der Waals surface area contributed by atoms with E-state index < -0.39 is 16.1 Å². The molecule has 40 heavy (non-hydrogen) atoms. The molecule has 6 N–H and O–H groups in total. The van der Waals surface area contributed by atoms with Crippen LogP contribution in [0.2, 0.25) is 10.0 Å². The maximum atomic E-state index is 13.8. The molecular weight excluding hydrogens is 565 g/mol. The third-order valence-electron chi connectivity index (χ3n) is 7.36. The maximum Gasteiger partial charge on any atom is 0.241 e. The van der Waals surface area contributed by atoms with Crippen LogP contribution in [-0.2, 0) is 16.4 Å². The van der Waals surface area contributed by atoms with E-state index in [0.29, 0.717) is 51.3 Å². The zero-order valence-electron chi connectivity index (χ0n) is 22.2. The van der Waals surface area contributed by atoms with Crippen molar-refractivity contribution in [3.63, 3.8) is 0 Å². The lowest BCUT2D eigenvalue weighted by Gasteiger charge is -2.37. The molecule has 1 saturated heterocycles. The minimum Gasteiger partial charge on any atom is -0.384 e. The van der Waals surface area contributed by atoms with Crippen LogP contribution < -0.4 is 16.2 Å². The summed E-state index contributed by atoms with van der Waals surface area (Å²) in [5.41, 5.74) is 15.0. The molecule has 0 amide bonds. The quantitative estimate of drug-likeness (QED) is 0.173. The van der Waals surface area contributed by atoms with Crippen LogP contribution in [0.15, 0.2) is 83.9 Å². The van der Waals surface area contributed by atoms with E-state index in [1.165, 1.54) is 0 Å². The topological polar surface area (TPSA) is 125 Å². The predicted molar refractivity (Wildman–Crippen MR) is 164 cm³/mol. The van der Waals surface area contributed by atoms with Crippen molar-refractivity contribution in [3.8, 4) is 11.1 Å². The Morgan fingerprint density at radius 2 is 1.80 bits per heavy atom. The van der Waals surface area contributed by atoms with Gasteiger partial charge in [-0.1, -0.05) is 66.2 Å². The Kier molecular flexibility index (Phi) is 9.92. The van der Waals surface area contributed by atoms with Crippen LogP contribution in [0.3, 0.4) is 0 Å². The zero-order chi connectivity index (χ0) is 28.9. The lowest BCUT2D eigenvalue weighted by molar-refractivity contribution is 0.209. The van der Waals surface area contributed by atoms with Crippen LogP contribution in [0, 0.1) is 11.3 Å². The maximum absolute atomic E-state index is 13.8. The molecule has 3 aromatic rings. The molecule has 4 rings (SSSR count). The summed E-state index contributed by atoms with van der Waals surface area (Å²) in [6.07, 6.45) is 3.31. The Morgan fingerprint density at radius 3 is 2.48 bits per heavy atom. The van der Waals surface area contributed by atoms with Crippen LogP contribution in [-0.4, -0.2) is 44.8 Å². The Balaban J connectivity index is 1.62. The van der Waals surface area contributed by atoms with E-state index in [0.717, 1.165) is 37.9 Å². The first kappa shape index (κ1) is 30.1. The predicted octanol–water partition coefficient (Wildman–Crippen LogP) is 5.41. The van der Waals surface area contributed by atoms with Crippen molar-refractivity contribution >= 4 is 39.1 Å². The summed E-state index contributed by atoms with van der Waals surface area (Å²) < 4.78 is 30.4. The lowest BCUT2D eigenvalue weighted by atomic mass is 9.92. The minimum atomic E-state index is -3.95. The number of nitrogen functional groups attached to an aromatic ring is 1. The average Bonchev–Trinajstić information content (AvgIpc) is 2.93. The molecule has 0 unspecified atom stereocenters. The Hall–Kier alpha value is -2.88. The number of piperidine rings is 1. The summed E-state index contributed by atoms with van der Waals surface area (Å²) in [5, 5.41) is 8.74. The van der Waals surface area contributed by atoms with Gasteiger partial charge in [-0.2, -0.15) is 0 Å². The molecule has 1 atom stereocenters. The Labute approximate surface area is 246 Å². The molecule has 7 nitrogen and oxygen atoms in total. The molecular formula is C30H35Cl2N5O2S. The second-order valence-corrected chi connectivity index (χ2v) is 12.7. The van der Waals surface area contributed by atoms with Crippen molar-refractivity contribution in [3.05, 3.63) is 100 Å². The molecule has 212 valence electrons. The van der Waals surface area contributed by atoms with Gasteiger partial charge in [0.25, 0.3) is 0 Å². The Morgan fingerprint density at radius 1 is 1.07 bits per heavy atom. The van der Waals surface area contributed by atoms with E-state index >= 15 is 0 Å². The van der Waals surface area contributed by atoms with Gasteiger partial charge in [0.15, 0.2) is 0 Å². The van der Waals surface area contributed by atoms with E-state index in [9.17, 15) is 8.42 Å². The number of nitrogens with one attached hydrogen (secondary N) is 2. The van der Waals surface area contributed by atoms with Crippen molar-refractivity contribution in [1.29, 1.82) is 5.41 Å². The number of rotatable bonds is 11. The molecule has 0 spiro atoms. The van der Waals surface area contributed by atoms with E-state index in [-0.39, 0.29) is 10.7 Å². The first-order chi connectivity index (χ1) is 19.1.